The molecule has 1 saturated heterocycles. The molecule has 2 aromatic rings. The van der Waals surface area contributed by atoms with Gasteiger partial charge in [-0.15, -0.1) is 0 Å². The lowest BCUT2D eigenvalue weighted by molar-refractivity contribution is -0.125. The van der Waals surface area contributed by atoms with Gasteiger partial charge in [-0.3, -0.25) is 14.8 Å². The van der Waals surface area contributed by atoms with Crippen molar-refractivity contribution in [2.45, 2.75) is 52.7 Å². The van der Waals surface area contributed by atoms with Crippen molar-refractivity contribution in [2.75, 3.05) is 18.0 Å². The summed E-state index contributed by atoms with van der Waals surface area (Å²) in [5.74, 6) is 0.250. The number of nitrogens with one attached hydrogen (secondary N) is 1. The van der Waals surface area contributed by atoms with Crippen LogP contribution in [-0.2, 0) is 4.79 Å². The monoisotopic (exact) mass is 395 g/mol. The van der Waals surface area contributed by atoms with Crippen LogP contribution in [0.25, 0.3) is 11.0 Å². The molecule has 1 fully saturated rings. The van der Waals surface area contributed by atoms with E-state index in [1.807, 2.05) is 26.8 Å². The predicted octanol–water partition coefficient (Wildman–Crippen LogP) is 2.63. The van der Waals surface area contributed by atoms with Gasteiger partial charge in [0.1, 0.15) is 17.1 Å². The zero-order valence-electron chi connectivity index (χ0n) is 17.5. The molecular formula is C22H29N5O2. The van der Waals surface area contributed by atoms with Crippen molar-refractivity contribution in [3.05, 3.63) is 30.1 Å². The molecule has 1 aliphatic heterocycles. The molecule has 7 heteroatoms. The van der Waals surface area contributed by atoms with Crippen molar-refractivity contribution in [1.29, 1.82) is 5.26 Å². The Balaban J connectivity index is 1.78. The molecular weight excluding hydrogens is 366 g/mol. The Morgan fingerprint density at radius 3 is 2.66 bits per heavy atom. The number of hydrogen-bond acceptors (Lipinski definition) is 6. The molecule has 1 aromatic heterocycles. The highest BCUT2D eigenvalue weighted by atomic mass is 16.3. The quantitative estimate of drug-likeness (QED) is 0.825. The van der Waals surface area contributed by atoms with Crippen molar-refractivity contribution < 1.29 is 9.90 Å². The van der Waals surface area contributed by atoms with Gasteiger partial charge in [0.05, 0.1) is 23.8 Å². The maximum Gasteiger partial charge on any atom is 0.222 e. The van der Waals surface area contributed by atoms with Gasteiger partial charge in [-0.05, 0) is 29.9 Å². The molecule has 0 spiro atoms. The van der Waals surface area contributed by atoms with E-state index < -0.39 is 6.10 Å². The molecule has 2 N–H and O–H groups in total. The van der Waals surface area contributed by atoms with Gasteiger partial charge < -0.3 is 15.3 Å². The fourth-order valence-electron chi connectivity index (χ4n) is 3.81. The van der Waals surface area contributed by atoms with Gasteiger partial charge in [-0.1, -0.05) is 27.7 Å². The number of nitrogens with zero attached hydrogens (tertiary/aromatic N) is 4. The van der Waals surface area contributed by atoms with Gasteiger partial charge in [-0.2, -0.15) is 5.26 Å². The number of benzene rings is 1. The molecule has 2 heterocycles. The van der Waals surface area contributed by atoms with E-state index in [9.17, 15) is 15.2 Å². The van der Waals surface area contributed by atoms with Crippen molar-refractivity contribution in [2.24, 2.45) is 11.3 Å². The molecule has 1 amide bonds. The topological polar surface area (TPSA) is 102 Å². The fraction of sp³-hybridized carbons (Fsp3) is 0.545. The summed E-state index contributed by atoms with van der Waals surface area (Å²) >= 11 is 0. The second kappa shape index (κ2) is 8.34. The highest BCUT2D eigenvalue weighted by molar-refractivity contribution is 5.92. The first-order valence-corrected chi connectivity index (χ1v) is 10.0. The van der Waals surface area contributed by atoms with E-state index in [4.69, 9.17) is 0 Å². The number of hydrogen-bond donors (Lipinski definition) is 2. The molecule has 0 radical (unpaired) electrons. The molecule has 3 rings (SSSR count). The van der Waals surface area contributed by atoms with Gasteiger partial charge in [-0.25, -0.2) is 0 Å². The van der Waals surface area contributed by atoms with E-state index >= 15 is 0 Å². The third-order valence-corrected chi connectivity index (χ3v) is 5.47. The summed E-state index contributed by atoms with van der Waals surface area (Å²) < 4.78 is 0. The minimum Gasteiger partial charge on any atom is -0.392 e. The Morgan fingerprint density at radius 2 is 2.00 bits per heavy atom. The van der Waals surface area contributed by atoms with Crippen LogP contribution in [0.5, 0.6) is 0 Å². The smallest absolute Gasteiger partial charge is 0.222 e. The zero-order chi connectivity index (χ0) is 21.2. The van der Waals surface area contributed by atoms with E-state index in [0.717, 1.165) is 18.7 Å². The van der Waals surface area contributed by atoms with E-state index in [0.29, 0.717) is 29.1 Å². The molecule has 3 atom stereocenters. The third kappa shape index (κ3) is 4.83. The van der Waals surface area contributed by atoms with Crippen LogP contribution in [0, 0.1) is 22.7 Å². The van der Waals surface area contributed by atoms with Gasteiger partial charge in [0.25, 0.3) is 0 Å². The lowest BCUT2D eigenvalue weighted by atomic mass is 9.87. The molecule has 0 saturated carbocycles. The van der Waals surface area contributed by atoms with Crippen molar-refractivity contribution >= 4 is 22.6 Å². The van der Waals surface area contributed by atoms with Crippen LogP contribution in [0.3, 0.4) is 0 Å². The van der Waals surface area contributed by atoms with Crippen LogP contribution in [0.15, 0.2) is 24.5 Å². The molecule has 1 aromatic carbocycles. The molecule has 0 aliphatic carbocycles. The van der Waals surface area contributed by atoms with Crippen molar-refractivity contribution in [3.63, 3.8) is 0 Å². The fourth-order valence-corrected chi connectivity index (χ4v) is 3.81. The summed E-state index contributed by atoms with van der Waals surface area (Å²) in [5.41, 5.74) is 2.40. The number of anilines is 1. The number of aliphatic hydroxyl groups is 1. The third-order valence-electron chi connectivity index (χ3n) is 5.47. The van der Waals surface area contributed by atoms with Crippen LogP contribution in [0.4, 0.5) is 5.69 Å². The van der Waals surface area contributed by atoms with Crippen LogP contribution < -0.4 is 10.2 Å². The molecule has 0 bridgehead atoms. The largest absolute Gasteiger partial charge is 0.392 e. The van der Waals surface area contributed by atoms with Crippen molar-refractivity contribution in [1.82, 2.24) is 15.3 Å². The van der Waals surface area contributed by atoms with E-state index in [1.165, 1.54) is 0 Å². The first-order chi connectivity index (χ1) is 13.7. The Morgan fingerprint density at radius 1 is 1.31 bits per heavy atom. The SMILES string of the molecule is C[C@H]1C[C@@H](NC(=O)CC(O)C(C)(C)C)CN(c2ccc(C#N)c3nccnc23)C1. The Kier molecular flexibility index (Phi) is 6.04. The number of aromatic nitrogens is 2. The summed E-state index contributed by atoms with van der Waals surface area (Å²) in [4.78, 5) is 23.5. The van der Waals surface area contributed by atoms with Gasteiger partial charge in [0.15, 0.2) is 0 Å². The molecule has 1 unspecified atom stereocenters. The Labute approximate surface area is 171 Å². The minimum atomic E-state index is -0.683. The molecule has 7 nitrogen and oxygen atoms in total. The van der Waals surface area contributed by atoms with Crippen molar-refractivity contribution in [3.8, 4) is 6.07 Å². The number of carbonyl (C=O) groups excluding carboxylic acids is 1. The van der Waals surface area contributed by atoms with Crippen LogP contribution >= 0.6 is 0 Å². The summed E-state index contributed by atoms with van der Waals surface area (Å²) in [5, 5.41) is 22.7. The predicted molar refractivity (Wildman–Crippen MR) is 112 cm³/mol. The van der Waals surface area contributed by atoms with Crippen LogP contribution in [-0.4, -0.2) is 46.2 Å². The number of nitriles is 1. The maximum atomic E-state index is 12.5. The number of carbonyl (C=O) groups is 1. The maximum absolute atomic E-state index is 12.5. The summed E-state index contributed by atoms with van der Waals surface area (Å²) in [6.07, 6.45) is 3.52. The van der Waals surface area contributed by atoms with Gasteiger partial charge >= 0.3 is 0 Å². The minimum absolute atomic E-state index is 0.0132. The van der Waals surface area contributed by atoms with Gasteiger partial charge in [0, 0.05) is 31.5 Å². The normalized spacial score (nSPS) is 20.9. The Hall–Kier alpha value is -2.72. The molecule has 1 aliphatic rings. The lowest BCUT2D eigenvalue weighted by Gasteiger charge is -2.38. The molecule has 29 heavy (non-hydrogen) atoms. The van der Waals surface area contributed by atoms with E-state index in [-0.39, 0.29) is 23.8 Å². The molecule has 154 valence electrons. The Bertz CT molecular complexity index is 931. The summed E-state index contributed by atoms with van der Waals surface area (Å²) in [6.45, 7) is 9.42. The lowest BCUT2D eigenvalue weighted by Crippen LogP contribution is -2.51. The number of aliphatic hydroxyl groups excluding tert-OH is 1. The number of fused-ring (bicyclic) bond motifs is 1. The zero-order valence-corrected chi connectivity index (χ0v) is 17.5. The average Bonchev–Trinajstić information content (AvgIpc) is 2.65. The number of amides is 1. The first-order valence-electron chi connectivity index (χ1n) is 10.0. The highest BCUT2D eigenvalue weighted by Crippen LogP contribution is 2.30. The van der Waals surface area contributed by atoms with E-state index in [2.05, 4.69) is 33.2 Å². The number of rotatable bonds is 4. The average molecular weight is 396 g/mol. The highest BCUT2D eigenvalue weighted by Gasteiger charge is 2.30. The van der Waals surface area contributed by atoms with Gasteiger partial charge in [0.2, 0.25) is 5.91 Å². The number of piperidine rings is 1. The van der Waals surface area contributed by atoms with Crippen LogP contribution in [0.1, 0.15) is 46.1 Å². The summed E-state index contributed by atoms with van der Waals surface area (Å²) in [6, 6.07) is 5.85. The second-order valence-corrected chi connectivity index (χ2v) is 9.09. The standard InChI is InChI=1S/C22H29N5O2/c1-14-9-16(26-19(29)10-18(28)22(2,3)4)13-27(12-14)17-6-5-15(11-23)20-21(17)25-8-7-24-20/h5-8,14,16,18,28H,9-10,12-13H2,1-4H3,(H,26,29)/t14-,16+,18?/m0/s1. The van der Waals surface area contributed by atoms with Crippen LogP contribution in [0.2, 0.25) is 0 Å². The second-order valence-electron chi connectivity index (χ2n) is 9.09. The van der Waals surface area contributed by atoms with E-state index in [1.54, 1.807) is 18.5 Å². The first kappa shape index (κ1) is 21.0. The summed E-state index contributed by atoms with van der Waals surface area (Å²) in [7, 11) is 0.